The molecule has 0 fully saturated rings. The van der Waals surface area contributed by atoms with Crippen LogP contribution in [0.3, 0.4) is 0 Å². The molecule has 16 rings (SSSR count). The fraction of sp³-hybridized carbons (Fsp3) is 0.0123. The number of halogens is 5. The van der Waals surface area contributed by atoms with Crippen LogP contribution in [0, 0.1) is 11.6 Å². The summed E-state index contributed by atoms with van der Waals surface area (Å²) in [5, 5.41) is 2.69. The number of fused-ring (bicyclic) bond motifs is 6. The molecular weight excluding hydrogens is 1150 g/mol. The molecule has 16 aromatic rings. The monoisotopic (exact) mass is 1200 g/mol. The molecule has 0 saturated heterocycles. The molecule has 0 aliphatic rings. The van der Waals surface area contributed by atoms with E-state index in [9.17, 15) is 0 Å². The lowest BCUT2D eigenvalue weighted by molar-refractivity contribution is -0.137. The molecule has 6 heterocycles. The van der Waals surface area contributed by atoms with Gasteiger partial charge in [-0.2, -0.15) is 13.2 Å². The van der Waals surface area contributed by atoms with Gasteiger partial charge in [0.15, 0.2) is 0 Å². The molecule has 0 aliphatic carbocycles. The summed E-state index contributed by atoms with van der Waals surface area (Å²) in [7, 11) is 0. The van der Waals surface area contributed by atoms with E-state index in [1.165, 1.54) is 12.1 Å². The fourth-order valence-corrected chi connectivity index (χ4v) is 12.8. The Morgan fingerprint density at radius 2 is 0.554 bits per heavy atom. The first-order chi connectivity index (χ1) is 45.1. The SMILES string of the molecule is Fc1cccc(F)c1-c1cc(-n2c3cc(-c4ccc(-c5ccccc5)nc4)ccc3c3ccc(-c4ccc(-c5ccccc5)nc4)cc32)c(C(F)(F)F)cc1-n1c2cc(-c3ccc(-c4ccccc4)nc3)ccc2c2ccc(-c3ccc(-c4ccccc4)nc3)cc21. The van der Waals surface area contributed by atoms with Gasteiger partial charge in [0, 0.05) is 96.4 Å². The second-order valence-corrected chi connectivity index (χ2v) is 22.8. The lowest BCUT2D eigenvalue weighted by Crippen LogP contribution is -2.14. The molecule has 0 radical (unpaired) electrons. The van der Waals surface area contributed by atoms with E-state index in [1.54, 1.807) is 33.9 Å². The van der Waals surface area contributed by atoms with Crippen molar-refractivity contribution < 1.29 is 22.0 Å². The molecule has 438 valence electrons. The molecule has 0 amide bonds. The van der Waals surface area contributed by atoms with Gasteiger partial charge in [-0.1, -0.05) is 200 Å². The van der Waals surface area contributed by atoms with E-state index in [4.69, 9.17) is 19.9 Å². The Bertz CT molecular complexity index is 5160. The van der Waals surface area contributed by atoms with Crippen molar-refractivity contribution in [3.8, 4) is 112 Å². The largest absolute Gasteiger partial charge is 0.418 e. The quantitative estimate of drug-likeness (QED) is 0.121. The summed E-state index contributed by atoms with van der Waals surface area (Å²) in [4.78, 5) is 19.3. The van der Waals surface area contributed by atoms with Crippen LogP contribution in [0.5, 0.6) is 0 Å². The number of nitrogens with zero attached hydrogens (tertiary/aromatic N) is 6. The fourth-order valence-electron chi connectivity index (χ4n) is 12.8. The Morgan fingerprint density at radius 1 is 0.261 bits per heavy atom. The molecule has 11 heteroatoms. The van der Waals surface area contributed by atoms with Gasteiger partial charge in [0.1, 0.15) is 11.6 Å². The third-order valence-electron chi connectivity index (χ3n) is 17.3. The third kappa shape index (κ3) is 9.93. The molecule has 0 atom stereocenters. The highest BCUT2D eigenvalue weighted by molar-refractivity contribution is 6.13. The van der Waals surface area contributed by atoms with E-state index < -0.39 is 28.9 Å². The maximum Gasteiger partial charge on any atom is 0.418 e. The van der Waals surface area contributed by atoms with E-state index in [0.29, 0.717) is 65.9 Å². The average Bonchev–Trinajstić information content (AvgIpc) is 1.52. The number of pyridine rings is 4. The predicted molar refractivity (Wildman–Crippen MR) is 360 cm³/mol. The van der Waals surface area contributed by atoms with Crippen molar-refractivity contribution in [1.82, 2.24) is 29.1 Å². The standard InChI is InChI=1S/C81H49F5N6/c82-68-22-13-23-69(83)80(68)66-44-79(92-76-42-56(60-30-38-72(89-48-60)52-18-9-3-10-19-52)26-34-64(76)65-35-27-57(43-77(65)92)61-31-39-73(90-49-61)53-20-11-4-12-21-53)67(81(84,85)86)45-78(66)91-74-40-54(58-28-36-70(87-46-58)50-14-5-1-6-15-50)24-32-62(74)63-33-25-55(41-75(63)91)59-29-37-71(88-47-59)51-16-7-2-8-17-51/h1-49H. The van der Waals surface area contributed by atoms with E-state index >= 15 is 22.0 Å². The minimum absolute atomic E-state index is 0.106. The van der Waals surface area contributed by atoms with Gasteiger partial charge in [0.25, 0.3) is 0 Å². The van der Waals surface area contributed by atoms with Crippen molar-refractivity contribution >= 4 is 43.6 Å². The van der Waals surface area contributed by atoms with E-state index in [1.807, 2.05) is 243 Å². The molecule has 0 unspecified atom stereocenters. The number of alkyl halides is 3. The first kappa shape index (κ1) is 55.4. The highest BCUT2D eigenvalue weighted by Crippen LogP contribution is 2.48. The van der Waals surface area contributed by atoms with Crippen LogP contribution >= 0.6 is 0 Å². The molecule has 92 heavy (non-hydrogen) atoms. The van der Waals surface area contributed by atoms with Crippen LogP contribution < -0.4 is 0 Å². The zero-order valence-corrected chi connectivity index (χ0v) is 48.9. The number of hydrogen-bond acceptors (Lipinski definition) is 4. The van der Waals surface area contributed by atoms with Crippen molar-refractivity contribution in [2.24, 2.45) is 0 Å². The van der Waals surface area contributed by atoms with Gasteiger partial charge < -0.3 is 9.13 Å². The average molecular weight is 1200 g/mol. The van der Waals surface area contributed by atoms with Crippen molar-refractivity contribution in [2.75, 3.05) is 0 Å². The second kappa shape index (κ2) is 22.6. The van der Waals surface area contributed by atoms with Crippen LogP contribution in [0.15, 0.2) is 298 Å². The minimum Gasteiger partial charge on any atom is -0.309 e. The Kier molecular flexibility index (Phi) is 13.6. The molecule has 0 bridgehead atoms. The Labute approximate surface area is 525 Å². The van der Waals surface area contributed by atoms with E-state index in [2.05, 4.69) is 0 Å². The first-order valence-electron chi connectivity index (χ1n) is 30.0. The summed E-state index contributed by atoms with van der Waals surface area (Å²) in [6.07, 6.45) is 1.99. The van der Waals surface area contributed by atoms with Gasteiger partial charge in [-0.15, -0.1) is 0 Å². The van der Waals surface area contributed by atoms with Gasteiger partial charge in [-0.3, -0.25) is 19.9 Å². The van der Waals surface area contributed by atoms with Gasteiger partial charge in [0.2, 0.25) is 0 Å². The number of benzene rings is 10. The molecular formula is C81H49F5N6. The van der Waals surface area contributed by atoms with Crippen LogP contribution in [0.1, 0.15) is 5.56 Å². The van der Waals surface area contributed by atoms with Crippen LogP contribution in [0.4, 0.5) is 22.0 Å². The summed E-state index contributed by atoms with van der Waals surface area (Å²) < 4.78 is 89.1. The zero-order valence-electron chi connectivity index (χ0n) is 48.9. The highest BCUT2D eigenvalue weighted by atomic mass is 19.4. The maximum absolute atomic E-state index is 17.2. The molecule has 10 aromatic carbocycles. The zero-order chi connectivity index (χ0) is 62.0. The van der Waals surface area contributed by atoms with Crippen molar-refractivity contribution in [3.05, 3.63) is 315 Å². The van der Waals surface area contributed by atoms with Crippen LogP contribution in [0.25, 0.3) is 156 Å². The minimum atomic E-state index is -5.06. The van der Waals surface area contributed by atoms with Crippen LogP contribution in [-0.4, -0.2) is 29.1 Å². The van der Waals surface area contributed by atoms with E-state index in [-0.39, 0.29) is 16.9 Å². The molecule has 0 aliphatic heterocycles. The summed E-state index contributed by atoms with van der Waals surface area (Å²) in [6.45, 7) is 0. The van der Waals surface area contributed by atoms with Crippen LogP contribution in [-0.2, 0) is 6.18 Å². The van der Waals surface area contributed by atoms with E-state index in [0.717, 1.165) is 85.5 Å². The van der Waals surface area contributed by atoms with Gasteiger partial charge >= 0.3 is 6.18 Å². The summed E-state index contributed by atoms with van der Waals surface area (Å²) in [5.74, 6) is -1.92. The molecule has 6 aromatic heterocycles. The number of hydrogen-bond donors (Lipinski definition) is 0. The summed E-state index contributed by atoms with van der Waals surface area (Å²) in [5.41, 5.74) is 12.2. The topological polar surface area (TPSA) is 61.4 Å². The summed E-state index contributed by atoms with van der Waals surface area (Å²) in [6, 6.07) is 83.5. The normalized spacial score (nSPS) is 11.8. The van der Waals surface area contributed by atoms with Crippen molar-refractivity contribution in [1.29, 1.82) is 0 Å². The molecule has 0 N–H and O–H groups in total. The molecule has 0 spiro atoms. The number of rotatable bonds is 11. The Balaban J connectivity index is 0.962. The van der Waals surface area contributed by atoms with Crippen LogP contribution in [0.2, 0.25) is 0 Å². The maximum atomic E-state index is 17.2. The summed E-state index contributed by atoms with van der Waals surface area (Å²) >= 11 is 0. The van der Waals surface area contributed by atoms with Gasteiger partial charge in [-0.25, -0.2) is 8.78 Å². The molecule has 6 nitrogen and oxygen atoms in total. The van der Waals surface area contributed by atoms with Crippen molar-refractivity contribution in [2.45, 2.75) is 6.18 Å². The van der Waals surface area contributed by atoms with Gasteiger partial charge in [-0.05, 0) is 95.1 Å². The lowest BCUT2D eigenvalue weighted by Gasteiger charge is -2.23. The Morgan fingerprint density at radius 3 is 0.837 bits per heavy atom. The lowest BCUT2D eigenvalue weighted by atomic mass is 9.97. The molecule has 0 saturated carbocycles. The second-order valence-electron chi connectivity index (χ2n) is 22.8. The smallest absolute Gasteiger partial charge is 0.309 e. The predicted octanol–water partition coefficient (Wildman–Crippen LogP) is 21.8. The first-order valence-corrected chi connectivity index (χ1v) is 30.0. The van der Waals surface area contributed by atoms with Crippen molar-refractivity contribution in [3.63, 3.8) is 0 Å². The number of aromatic nitrogens is 6. The highest BCUT2D eigenvalue weighted by Gasteiger charge is 2.38. The third-order valence-corrected chi connectivity index (χ3v) is 17.3. The van der Waals surface area contributed by atoms with Gasteiger partial charge in [0.05, 0.1) is 67.3 Å². The Hall–Kier alpha value is -12.0.